The Bertz CT molecular complexity index is 365. The minimum Gasteiger partial charge on any atom is -0.468 e. The molecule has 1 aromatic rings. The summed E-state index contributed by atoms with van der Waals surface area (Å²) in [7, 11) is 2.19. The van der Waals surface area contributed by atoms with Crippen molar-refractivity contribution in [2.75, 3.05) is 25.6 Å². The number of nitrogens with zero attached hydrogens (tertiary/aromatic N) is 1. The lowest BCUT2D eigenvalue weighted by Crippen LogP contribution is -2.33. The van der Waals surface area contributed by atoms with Gasteiger partial charge in [-0.15, -0.1) is 0 Å². The summed E-state index contributed by atoms with van der Waals surface area (Å²) < 4.78 is 5.68. The molecular formula is C16H30N2OS. The lowest BCUT2D eigenvalue weighted by atomic mass is 10.2. The van der Waals surface area contributed by atoms with Crippen molar-refractivity contribution in [3.8, 4) is 0 Å². The zero-order chi connectivity index (χ0) is 15.0. The zero-order valence-corrected chi connectivity index (χ0v) is 14.4. The van der Waals surface area contributed by atoms with Gasteiger partial charge in [-0.3, -0.25) is 4.90 Å². The Hall–Kier alpha value is -0.450. The van der Waals surface area contributed by atoms with E-state index in [1.54, 1.807) is 0 Å². The Morgan fingerprint density at radius 2 is 2.15 bits per heavy atom. The highest BCUT2D eigenvalue weighted by Crippen LogP contribution is 2.16. The lowest BCUT2D eigenvalue weighted by molar-refractivity contribution is 0.227. The van der Waals surface area contributed by atoms with Crippen LogP contribution in [0.5, 0.6) is 0 Å². The van der Waals surface area contributed by atoms with E-state index in [4.69, 9.17) is 4.42 Å². The Kier molecular flexibility index (Phi) is 8.34. The van der Waals surface area contributed by atoms with Crippen LogP contribution < -0.4 is 5.32 Å². The molecule has 1 atom stereocenters. The first-order chi connectivity index (χ1) is 9.58. The summed E-state index contributed by atoms with van der Waals surface area (Å²) in [6.45, 7) is 9.55. The maximum absolute atomic E-state index is 5.68. The van der Waals surface area contributed by atoms with Gasteiger partial charge < -0.3 is 9.73 Å². The van der Waals surface area contributed by atoms with Crippen LogP contribution in [0.2, 0.25) is 0 Å². The first kappa shape index (κ1) is 17.6. The molecule has 0 amide bonds. The molecule has 0 aliphatic heterocycles. The minimum absolute atomic E-state index is 0.617. The smallest absolute Gasteiger partial charge is 0.122 e. The van der Waals surface area contributed by atoms with Gasteiger partial charge in [-0.2, -0.15) is 11.8 Å². The molecule has 0 bridgehead atoms. The molecule has 4 heteroatoms. The second-order valence-corrected chi connectivity index (χ2v) is 6.74. The number of hydrogen-bond acceptors (Lipinski definition) is 4. The summed E-state index contributed by atoms with van der Waals surface area (Å²) >= 11 is 1.91. The Morgan fingerprint density at radius 3 is 2.75 bits per heavy atom. The molecular weight excluding hydrogens is 268 g/mol. The van der Waals surface area contributed by atoms with Crippen molar-refractivity contribution >= 4 is 11.8 Å². The van der Waals surface area contributed by atoms with Crippen LogP contribution in [-0.2, 0) is 13.1 Å². The van der Waals surface area contributed by atoms with E-state index in [0.29, 0.717) is 12.0 Å². The SMILES string of the molecule is CCC(CSC)N(C)Cc1occc1CNCC(C)C. The highest BCUT2D eigenvalue weighted by Gasteiger charge is 2.15. The van der Waals surface area contributed by atoms with Gasteiger partial charge >= 0.3 is 0 Å². The predicted octanol–water partition coefficient (Wildman–Crippen LogP) is 3.60. The molecule has 1 N–H and O–H groups in total. The van der Waals surface area contributed by atoms with Gasteiger partial charge in [0.05, 0.1) is 12.8 Å². The monoisotopic (exact) mass is 298 g/mol. The second-order valence-electron chi connectivity index (χ2n) is 5.83. The summed E-state index contributed by atoms with van der Waals surface area (Å²) in [5.74, 6) is 2.96. The van der Waals surface area contributed by atoms with Crippen molar-refractivity contribution in [1.29, 1.82) is 0 Å². The molecule has 0 aliphatic rings. The third-order valence-electron chi connectivity index (χ3n) is 3.55. The van der Waals surface area contributed by atoms with E-state index in [2.05, 4.69) is 50.4 Å². The van der Waals surface area contributed by atoms with Crippen LogP contribution in [0, 0.1) is 5.92 Å². The second kappa shape index (κ2) is 9.48. The highest BCUT2D eigenvalue weighted by atomic mass is 32.2. The number of thioether (sulfide) groups is 1. The molecule has 116 valence electrons. The van der Waals surface area contributed by atoms with Gasteiger partial charge in [0.2, 0.25) is 0 Å². The molecule has 0 spiro atoms. The van der Waals surface area contributed by atoms with E-state index < -0.39 is 0 Å². The van der Waals surface area contributed by atoms with Crippen LogP contribution in [0.1, 0.15) is 38.5 Å². The summed E-state index contributed by atoms with van der Waals surface area (Å²) in [6, 6.07) is 2.71. The third-order valence-corrected chi connectivity index (χ3v) is 4.27. The van der Waals surface area contributed by atoms with Gasteiger partial charge in [-0.1, -0.05) is 20.8 Å². The van der Waals surface area contributed by atoms with Crippen LogP contribution in [0.3, 0.4) is 0 Å². The van der Waals surface area contributed by atoms with Crippen molar-refractivity contribution in [1.82, 2.24) is 10.2 Å². The predicted molar refractivity (Wildman–Crippen MR) is 89.2 cm³/mol. The number of furan rings is 1. The van der Waals surface area contributed by atoms with E-state index in [0.717, 1.165) is 25.4 Å². The average Bonchev–Trinajstić information content (AvgIpc) is 2.83. The summed E-state index contributed by atoms with van der Waals surface area (Å²) in [5.41, 5.74) is 1.29. The van der Waals surface area contributed by atoms with Gasteiger partial charge in [0.15, 0.2) is 0 Å². The lowest BCUT2D eigenvalue weighted by Gasteiger charge is -2.26. The molecule has 1 heterocycles. The quantitative estimate of drug-likeness (QED) is 0.714. The Labute approximate surface area is 128 Å². The van der Waals surface area contributed by atoms with Crippen LogP contribution in [0.25, 0.3) is 0 Å². The molecule has 0 saturated carbocycles. The van der Waals surface area contributed by atoms with E-state index in [1.807, 2.05) is 18.0 Å². The van der Waals surface area contributed by atoms with Crippen LogP contribution in [0.4, 0.5) is 0 Å². The Morgan fingerprint density at radius 1 is 1.40 bits per heavy atom. The van der Waals surface area contributed by atoms with Gasteiger partial charge in [0.25, 0.3) is 0 Å². The van der Waals surface area contributed by atoms with Crippen molar-refractivity contribution in [2.24, 2.45) is 5.92 Å². The first-order valence-electron chi connectivity index (χ1n) is 7.53. The molecule has 0 fully saturated rings. The average molecular weight is 298 g/mol. The van der Waals surface area contributed by atoms with Gasteiger partial charge in [-0.25, -0.2) is 0 Å². The molecule has 3 nitrogen and oxygen atoms in total. The highest BCUT2D eigenvalue weighted by molar-refractivity contribution is 7.98. The van der Waals surface area contributed by atoms with Crippen LogP contribution in [0.15, 0.2) is 16.7 Å². The fraction of sp³-hybridized carbons (Fsp3) is 0.750. The first-order valence-corrected chi connectivity index (χ1v) is 8.93. The van der Waals surface area contributed by atoms with Crippen molar-refractivity contribution in [2.45, 2.75) is 46.3 Å². The molecule has 0 saturated heterocycles. The summed E-state index contributed by atoms with van der Waals surface area (Å²) in [6.07, 6.45) is 5.16. The van der Waals surface area contributed by atoms with E-state index >= 15 is 0 Å². The molecule has 0 aliphatic carbocycles. The fourth-order valence-electron chi connectivity index (χ4n) is 2.26. The van der Waals surface area contributed by atoms with E-state index in [-0.39, 0.29) is 0 Å². The van der Waals surface area contributed by atoms with Crippen LogP contribution >= 0.6 is 11.8 Å². The summed E-state index contributed by atoms with van der Waals surface area (Å²) in [4.78, 5) is 2.40. The zero-order valence-electron chi connectivity index (χ0n) is 13.6. The van der Waals surface area contributed by atoms with Gasteiger partial charge in [0, 0.05) is 23.9 Å². The largest absolute Gasteiger partial charge is 0.468 e. The van der Waals surface area contributed by atoms with E-state index in [9.17, 15) is 0 Å². The van der Waals surface area contributed by atoms with Gasteiger partial charge in [0.1, 0.15) is 5.76 Å². The summed E-state index contributed by atoms with van der Waals surface area (Å²) in [5, 5.41) is 3.49. The van der Waals surface area contributed by atoms with Crippen LogP contribution in [-0.4, -0.2) is 36.5 Å². The number of nitrogens with one attached hydrogen (secondary N) is 1. The standard InChI is InChI=1S/C16H30N2OS/c1-6-15(12-20-5)18(4)11-16-14(7-8-19-16)10-17-9-13(2)3/h7-8,13,15,17H,6,9-12H2,1-5H3. The molecule has 20 heavy (non-hydrogen) atoms. The third kappa shape index (κ3) is 5.90. The maximum atomic E-state index is 5.68. The normalized spacial score (nSPS) is 13.3. The fourth-order valence-corrected chi connectivity index (χ4v) is 3.14. The molecule has 1 rings (SSSR count). The molecule has 0 aromatic carbocycles. The number of hydrogen-bond donors (Lipinski definition) is 1. The topological polar surface area (TPSA) is 28.4 Å². The molecule has 0 radical (unpaired) electrons. The minimum atomic E-state index is 0.617. The van der Waals surface area contributed by atoms with Gasteiger partial charge in [-0.05, 0) is 38.3 Å². The maximum Gasteiger partial charge on any atom is 0.122 e. The molecule has 1 unspecified atom stereocenters. The van der Waals surface area contributed by atoms with E-state index in [1.165, 1.54) is 17.7 Å². The van der Waals surface area contributed by atoms with Crippen molar-refractivity contribution in [3.63, 3.8) is 0 Å². The van der Waals surface area contributed by atoms with Crippen molar-refractivity contribution in [3.05, 3.63) is 23.7 Å². The number of rotatable bonds is 10. The molecule has 1 aromatic heterocycles. The van der Waals surface area contributed by atoms with Crippen molar-refractivity contribution < 1.29 is 4.42 Å². The Balaban J connectivity index is 2.52.